The van der Waals surface area contributed by atoms with Gasteiger partial charge in [-0.15, -0.1) is 0 Å². The Labute approximate surface area is 482 Å². The third-order valence-electron chi connectivity index (χ3n) is 14.4. The first-order valence-electron chi connectivity index (χ1n) is 27.2. The van der Waals surface area contributed by atoms with E-state index in [2.05, 4.69) is 48.4 Å². The first kappa shape index (κ1) is 64.1. The summed E-state index contributed by atoms with van der Waals surface area (Å²) in [6, 6.07) is 26.4. The molecule has 2 saturated carbocycles. The van der Waals surface area contributed by atoms with E-state index in [1.807, 2.05) is 74.3 Å². The van der Waals surface area contributed by atoms with E-state index in [-0.39, 0.29) is 32.0 Å². The molecule has 0 unspecified atom stereocenters. The number of ether oxygens (including phenoxy) is 2. The van der Waals surface area contributed by atoms with Gasteiger partial charge >= 0.3 is 7.82 Å². The molecule has 22 heteroatoms. The van der Waals surface area contributed by atoms with E-state index in [1.165, 1.54) is 0 Å². The number of rotatable bonds is 26. The van der Waals surface area contributed by atoms with Gasteiger partial charge in [-0.2, -0.15) is 0 Å². The van der Waals surface area contributed by atoms with Crippen molar-refractivity contribution in [3.63, 3.8) is 0 Å². The molecule has 4 heterocycles. The van der Waals surface area contributed by atoms with Crippen LogP contribution in [-0.2, 0) is 37.9 Å². The van der Waals surface area contributed by atoms with E-state index >= 15 is 0 Å². The van der Waals surface area contributed by atoms with E-state index in [0.717, 1.165) is 122 Å². The topological polar surface area (TPSA) is 244 Å². The summed E-state index contributed by atoms with van der Waals surface area (Å²) in [6.45, 7) is 17.0. The molecule has 0 spiro atoms. The summed E-state index contributed by atoms with van der Waals surface area (Å²) in [5.41, 5.74) is 8.70. The molecule has 82 heavy (non-hydrogen) atoms. The van der Waals surface area contributed by atoms with Gasteiger partial charge in [0.05, 0.1) is 57.8 Å². The smallest absolute Gasteiger partial charge is 0.469 e. The summed E-state index contributed by atoms with van der Waals surface area (Å²) < 4.78 is 97.0. The maximum Gasteiger partial charge on any atom is 0.469 e. The number of hydrogen-bond acceptors (Lipinski definition) is 14. The van der Waals surface area contributed by atoms with E-state index in [4.69, 9.17) is 23.8 Å². The highest BCUT2D eigenvalue weighted by Crippen LogP contribution is 2.43. The SMILES string of the molecule is C.C.CCN(CCCOc1ccc(-c2cccc(S(=O)(=O)C3CC3)c2)c2c1[nH]c1ncc(C)cc12)CCOP(=O)(O)O.CCN(CCCOc1ccc(-c2cccc(S(=O)(=O)C3CC3)c2)c2c1[nH]c1ncc(C)cc12)CCOP(C)(C)=O. The Bertz CT molecular complexity index is 3600. The first-order chi connectivity index (χ1) is 38.1. The van der Waals surface area contributed by atoms with Crippen LogP contribution in [0.1, 0.15) is 78.4 Å². The normalized spacial score (nSPS) is 14.1. The molecule has 444 valence electrons. The van der Waals surface area contributed by atoms with Crippen LogP contribution in [0.15, 0.2) is 107 Å². The molecule has 0 radical (unpaired) electrons. The third kappa shape index (κ3) is 15.6. The molecule has 0 amide bonds. The van der Waals surface area contributed by atoms with Gasteiger partial charge in [-0.3, -0.25) is 9.09 Å². The van der Waals surface area contributed by atoms with Crippen molar-refractivity contribution in [2.75, 3.05) is 79.0 Å². The average molecular weight is 1200 g/mol. The minimum atomic E-state index is -4.47. The Hall–Kier alpha value is -5.50. The van der Waals surface area contributed by atoms with Crippen LogP contribution in [0.2, 0.25) is 0 Å². The van der Waals surface area contributed by atoms with Gasteiger partial charge < -0.3 is 43.6 Å². The second-order valence-electron chi connectivity index (χ2n) is 21.0. The van der Waals surface area contributed by atoms with Crippen LogP contribution in [-0.4, -0.2) is 146 Å². The molecule has 0 atom stereocenters. The van der Waals surface area contributed by atoms with Crippen LogP contribution >= 0.6 is 15.2 Å². The second-order valence-corrected chi connectivity index (χ2v) is 29.5. The highest BCUT2D eigenvalue weighted by atomic mass is 32.2. The number of likely N-dealkylation sites (N-methyl/N-ethyl adjacent to an activating group) is 2. The maximum atomic E-state index is 13.0. The van der Waals surface area contributed by atoms with E-state index < -0.39 is 34.9 Å². The fraction of sp³-hybridized carbons (Fsp3) is 0.433. The van der Waals surface area contributed by atoms with Gasteiger partial charge in [0.1, 0.15) is 22.8 Å². The lowest BCUT2D eigenvalue weighted by Gasteiger charge is -2.21. The number of aryl methyl sites for hydroxylation is 2. The molecule has 4 N–H and O–H groups in total. The summed E-state index contributed by atoms with van der Waals surface area (Å²) in [5, 5.41) is 3.28. The number of phosphoric acid groups is 1. The number of aromatic nitrogens is 4. The van der Waals surface area contributed by atoms with Crippen LogP contribution < -0.4 is 9.47 Å². The lowest BCUT2D eigenvalue weighted by atomic mass is 9.99. The molecule has 2 aliphatic rings. The molecule has 10 rings (SSSR count). The highest BCUT2D eigenvalue weighted by molar-refractivity contribution is 7.92. The van der Waals surface area contributed by atoms with Crippen molar-refractivity contribution < 1.29 is 54.3 Å². The molecule has 0 saturated heterocycles. The molecule has 2 aliphatic carbocycles. The van der Waals surface area contributed by atoms with Crippen molar-refractivity contribution in [3.05, 3.63) is 108 Å². The van der Waals surface area contributed by atoms with Crippen LogP contribution in [0.4, 0.5) is 0 Å². The summed E-state index contributed by atoms with van der Waals surface area (Å²) in [4.78, 5) is 38.8. The number of nitrogens with zero attached hydrogens (tertiary/aromatic N) is 4. The van der Waals surface area contributed by atoms with E-state index in [1.54, 1.807) is 49.9 Å². The van der Waals surface area contributed by atoms with Crippen molar-refractivity contribution >= 4 is 78.7 Å². The lowest BCUT2D eigenvalue weighted by molar-refractivity contribution is 0.159. The molecule has 4 aromatic heterocycles. The van der Waals surface area contributed by atoms with Crippen molar-refractivity contribution in [3.8, 4) is 33.8 Å². The number of hydrogen-bond donors (Lipinski definition) is 4. The monoisotopic (exact) mass is 1200 g/mol. The van der Waals surface area contributed by atoms with Gasteiger partial charge in [-0.05, 0) is 160 Å². The minimum Gasteiger partial charge on any atom is -0.491 e. The quantitative estimate of drug-likeness (QED) is 0.0291. The number of fused-ring (bicyclic) bond motifs is 6. The van der Waals surface area contributed by atoms with Crippen molar-refractivity contribution in [2.24, 2.45) is 0 Å². The molecule has 8 aromatic rings. The van der Waals surface area contributed by atoms with Crippen molar-refractivity contribution in [2.45, 2.75) is 101 Å². The number of sulfone groups is 2. The van der Waals surface area contributed by atoms with Gasteiger partial charge in [-0.1, -0.05) is 53.0 Å². The summed E-state index contributed by atoms with van der Waals surface area (Å²) in [7, 11) is -13.6. The van der Waals surface area contributed by atoms with Crippen molar-refractivity contribution in [1.82, 2.24) is 29.7 Å². The molecular formula is C60H80N6O12P2S2. The van der Waals surface area contributed by atoms with Crippen molar-refractivity contribution in [1.29, 1.82) is 0 Å². The fourth-order valence-corrected chi connectivity index (χ4v) is 14.2. The number of aromatic amines is 2. The Morgan fingerprint density at radius 2 is 1.00 bits per heavy atom. The summed E-state index contributed by atoms with van der Waals surface area (Å²) in [5.74, 6) is 1.41. The fourth-order valence-electron chi connectivity index (χ4n) is 9.95. The van der Waals surface area contributed by atoms with E-state index in [9.17, 15) is 26.0 Å². The number of pyridine rings is 2. The summed E-state index contributed by atoms with van der Waals surface area (Å²) >= 11 is 0. The van der Waals surface area contributed by atoms with E-state index in [0.29, 0.717) is 74.3 Å². The van der Waals surface area contributed by atoms with Crippen LogP contribution in [0, 0.1) is 13.8 Å². The van der Waals surface area contributed by atoms with Gasteiger partial charge in [0.25, 0.3) is 0 Å². The predicted octanol–water partition coefficient (Wildman–Crippen LogP) is 12.4. The number of phosphoric ester groups is 1. The molecule has 18 nitrogen and oxygen atoms in total. The van der Waals surface area contributed by atoms with Crippen LogP contribution in [0.3, 0.4) is 0 Å². The van der Waals surface area contributed by atoms with Gasteiger partial charge in [0, 0.05) is 73.4 Å². The molecule has 2 fully saturated rings. The Morgan fingerprint density at radius 3 is 1.38 bits per heavy atom. The predicted molar refractivity (Wildman–Crippen MR) is 329 cm³/mol. The second kappa shape index (κ2) is 27.0. The van der Waals surface area contributed by atoms with Gasteiger partial charge in [0.2, 0.25) is 0 Å². The zero-order valence-corrected chi connectivity index (χ0v) is 49.6. The van der Waals surface area contributed by atoms with Gasteiger partial charge in [-0.25, -0.2) is 31.4 Å². The maximum absolute atomic E-state index is 13.0. The van der Waals surface area contributed by atoms with Gasteiger partial charge in [0.15, 0.2) is 27.0 Å². The Morgan fingerprint density at radius 1 is 0.585 bits per heavy atom. The average Bonchev–Trinajstić information content (AvgIpc) is 4.38. The standard InChI is InChI=1S/C30H38N3O5PS.C28H34N3O7PS.2CH4/c1-5-33(15-17-38-39(3,4)34)14-7-16-37-27-13-12-25(28-26-18-21(2)20-31-30(26)32-29(27)28)22-8-6-9-24(19-22)40(35,36)23-10-11-23;1-3-31(13-15-38-39(32,33)34)12-5-14-37-25-11-10-23(26-24-16-19(2)18-29-28(24)30-27(25)26)20-6-4-7-22(17-20)40(35,36)21-8-9-21;;/h6,8-9,12-13,18-20,23H,5,7,10-11,14-17H2,1-4H3,(H,31,32);4,6-7,10-11,16-18,21H,3,5,8-9,12-15H2,1-2H3,(H,29,30)(H2,32,33,34);2*1H4. The number of benzene rings is 4. The minimum absolute atomic E-state index is 0. The molecule has 4 aromatic carbocycles. The zero-order valence-electron chi connectivity index (χ0n) is 46.2. The largest absolute Gasteiger partial charge is 0.491 e. The number of H-pyrrole nitrogens is 2. The van der Waals surface area contributed by atoms with Crippen LogP contribution in [0.25, 0.3) is 66.1 Å². The zero-order chi connectivity index (χ0) is 57.0. The highest BCUT2D eigenvalue weighted by Gasteiger charge is 2.38. The number of nitrogens with one attached hydrogen (secondary N) is 2. The molecule has 0 bridgehead atoms. The first-order valence-corrected chi connectivity index (χ1v) is 34.4. The Balaban J connectivity index is 0.000000230. The van der Waals surface area contributed by atoms with Crippen LogP contribution in [0.5, 0.6) is 11.5 Å². The summed E-state index contributed by atoms with van der Waals surface area (Å²) in [6.07, 6.45) is 8.06. The Kier molecular flexibility index (Phi) is 21.1. The molecular weight excluding hydrogens is 1120 g/mol. The lowest BCUT2D eigenvalue weighted by Crippen LogP contribution is -2.29. The third-order valence-corrected chi connectivity index (χ3v) is 20.2. The molecule has 0 aliphatic heterocycles.